The summed E-state index contributed by atoms with van der Waals surface area (Å²) in [6.45, 7) is 3.61. The zero-order valence-corrected chi connectivity index (χ0v) is 11.2. The molecule has 0 radical (unpaired) electrons. The fourth-order valence-corrected chi connectivity index (χ4v) is 2.63. The van der Waals surface area contributed by atoms with Gasteiger partial charge in [-0.05, 0) is 39.5 Å². The molecule has 1 amide bonds. The molecule has 0 aromatic carbocycles. The van der Waals surface area contributed by atoms with E-state index in [0.717, 1.165) is 18.5 Å². The van der Waals surface area contributed by atoms with E-state index in [1.165, 1.54) is 0 Å². The first-order valence-electron chi connectivity index (χ1n) is 6.54. The molecular weight excluding hydrogens is 246 g/mol. The minimum absolute atomic E-state index is 0.0665. The molecule has 6 nitrogen and oxygen atoms in total. The maximum Gasteiger partial charge on any atom is 0.306 e. The van der Waals surface area contributed by atoms with Crippen molar-refractivity contribution in [1.29, 1.82) is 0 Å². The van der Waals surface area contributed by atoms with Gasteiger partial charge in [0.2, 0.25) is 0 Å². The lowest BCUT2D eigenvalue weighted by molar-refractivity contribution is -0.142. The molecule has 0 bridgehead atoms. The topological polar surface area (TPSA) is 95.1 Å². The summed E-state index contributed by atoms with van der Waals surface area (Å²) in [5.41, 5.74) is 2.05. The summed E-state index contributed by atoms with van der Waals surface area (Å²) in [5.74, 6) is -1.11. The number of carboxylic acid groups (broad SMARTS) is 1. The summed E-state index contributed by atoms with van der Waals surface area (Å²) >= 11 is 0. The molecule has 2 rings (SSSR count). The number of aliphatic carboxylic acids is 1. The van der Waals surface area contributed by atoms with Gasteiger partial charge in [0.15, 0.2) is 0 Å². The Morgan fingerprint density at radius 3 is 2.37 bits per heavy atom. The van der Waals surface area contributed by atoms with Crippen molar-refractivity contribution in [2.45, 2.75) is 45.6 Å². The predicted octanol–water partition coefficient (Wildman–Crippen LogP) is 1.40. The van der Waals surface area contributed by atoms with Crippen molar-refractivity contribution in [3.8, 4) is 0 Å². The number of aryl methyl sites for hydroxylation is 2. The Kier molecular flexibility index (Phi) is 3.87. The summed E-state index contributed by atoms with van der Waals surface area (Å²) in [5, 5.41) is 18.7. The molecule has 6 heteroatoms. The van der Waals surface area contributed by atoms with Crippen LogP contribution in [0.25, 0.3) is 0 Å². The second-order valence-electron chi connectivity index (χ2n) is 5.17. The minimum atomic E-state index is -0.730. The van der Waals surface area contributed by atoms with Crippen molar-refractivity contribution in [3.05, 3.63) is 17.0 Å². The number of rotatable bonds is 3. The molecule has 3 N–H and O–H groups in total. The lowest BCUT2D eigenvalue weighted by Gasteiger charge is -2.26. The third-order valence-corrected chi connectivity index (χ3v) is 3.77. The smallest absolute Gasteiger partial charge is 0.306 e. The Labute approximate surface area is 111 Å². The molecule has 1 saturated carbocycles. The molecular formula is C13H19N3O3. The van der Waals surface area contributed by atoms with E-state index in [0.29, 0.717) is 24.1 Å². The van der Waals surface area contributed by atoms with Gasteiger partial charge in [-0.3, -0.25) is 14.7 Å². The van der Waals surface area contributed by atoms with Crippen LogP contribution in [0, 0.1) is 19.8 Å². The van der Waals surface area contributed by atoms with E-state index in [9.17, 15) is 9.59 Å². The average Bonchev–Trinajstić information content (AvgIpc) is 2.69. The molecule has 0 saturated heterocycles. The number of carbonyl (C=O) groups excluding carboxylic acids is 1. The van der Waals surface area contributed by atoms with Crippen molar-refractivity contribution >= 4 is 11.9 Å². The van der Waals surface area contributed by atoms with Gasteiger partial charge < -0.3 is 10.4 Å². The van der Waals surface area contributed by atoms with Crippen molar-refractivity contribution in [1.82, 2.24) is 15.5 Å². The summed E-state index contributed by atoms with van der Waals surface area (Å²) in [6.07, 6.45) is 2.70. The highest BCUT2D eigenvalue weighted by molar-refractivity contribution is 5.96. The number of hydrogen-bond acceptors (Lipinski definition) is 3. The first-order valence-corrected chi connectivity index (χ1v) is 6.54. The predicted molar refractivity (Wildman–Crippen MR) is 68.9 cm³/mol. The van der Waals surface area contributed by atoms with Crippen molar-refractivity contribution in [3.63, 3.8) is 0 Å². The molecule has 0 atom stereocenters. The number of aromatic amines is 1. The van der Waals surface area contributed by atoms with Crippen LogP contribution >= 0.6 is 0 Å². The van der Waals surface area contributed by atoms with Gasteiger partial charge in [-0.2, -0.15) is 5.10 Å². The lowest BCUT2D eigenvalue weighted by Crippen LogP contribution is -2.39. The van der Waals surface area contributed by atoms with Gasteiger partial charge in [-0.1, -0.05) is 0 Å². The maximum absolute atomic E-state index is 12.1. The average molecular weight is 265 g/mol. The number of nitrogens with one attached hydrogen (secondary N) is 2. The summed E-state index contributed by atoms with van der Waals surface area (Å²) in [4.78, 5) is 23.0. The molecule has 1 heterocycles. The number of carbonyl (C=O) groups is 2. The van der Waals surface area contributed by atoms with E-state index in [1.807, 2.05) is 6.92 Å². The van der Waals surface area contributed by atoms with E-state index in [2.05, 4.69) is 15.5 Å². The van der Waals surface area contributed by atoms with Crippen LogP contribution in [0.2, 0.25) is 0 Å². The Bertz CT molecular complexity index is 468. The highest BCUT2D eigenvalue weighted by atomic mass is 16.4. The fraction of sp³-hybridized carbons (Fsp3) is 0.615. The number of nitrogens with zero attached hydrogens (tertiary/aromatic N) is 1. The van der Waals surface area contributed by atoms with Gasteiger partial charge in [-0.15, -0.1) is 0 Å². The Hall–Kier alpha value is -1.85. The van der Waals surface area contributed by atoms with Crippen LogP contribution in [0.4, 0.5) is 0 Å². The van der Waals surface area contributed by atoms with Gasteiger partial charge in [0, 0.05) is 11.7 Å². The van der Waals surface area contributed by atoms with E-state index in [-0.39, 0.29) is 17.9 Å². The second kappa shape index (κ2) is 5.42. The zero-order chi connectivity index (χ0) is 14.0. The lowest BCUT2D eigenvalue weighted by atomic mass is 9.86. The Balaban J connectivity index is 1.93. The molecule has 1 aromatic rings. The standard InChI is InChI=1S/C13H19N3O3/c1-7-11(8(2)16-15-7)12(17)14-10-5-3-9(4-6-10)13(18)19/h9-10H,3-6H2,1-2H3,(H,14,17)(H,15,16)(H,18,19). The van der Waals surface area contributed by atoms with E-state index < -0.39 is 5.97 Å². The molecule has 0 unspecified atom stereocenters. The molecule has 0 aliphatic heterocycles. The quantitative estimate of drug-likeness (QED) is 0.769. The van der Waals surface area contributed by atoms with Crippen molar-refractivity contribution < 1.29 is 14.7 Å². The monoisotopic (exact) mass is 265 g/mol. The fourth-order valence-electron chi connectivity index (χ4n) is 2.63. The largest absolute Gasteiger partial charge is 0.481 e. The molecule has 1 aliphatic rings. The number of aromatic nitrogens is 2. The third kappa shape index (κ3) is 2.94. The first kappa shape index (κ1) is 13.6. The van der Waals surface area contributed by atoms with E-state index in [1.54, 1.807) is 6.92 Å². The molecule has 0 spiro atoms. The van der Waals surface area contributed by atoms with Crippen molar-refractivity contribution in [2.75, 3.05) is 0 Å². The van der Waals surface area contributed by atoms with Gasteiger partial charge >= 0.3 is 5.97 Å². The zero-order valence-electron chi connectivity index (χ0n) is 11.2. The summed E-state index contributed by atoms with van der Waals surface area (Å²) in [6, 6.07) is 0.0665. The molecule has 1 aliphatic carbocycles. The van der Waals surface area contributed by atoms with Crippen LogP contribution in [0.15, 0.2) is 0 Å². The summed E-state index contributed by atoms with van der Waals surface area (Å²) in [7, 11) is 0. The number of H-pyrrole nitrogens is 1. The van der Waals surface area contributed by atoms with Gasteiger partial charge in [-0.25, -0.2) is 0 Å². The normalized spacial score (nSPS) is 23.1. The van der Waals surface area contributed by atoms with E-state index >= 15 is 0 Å². The second-order valence-corrected chi connectivity index (χ2v) is 5.17. The van der Waals surface area contributed by atoms with E-state index in [4.69, 9.17) is 5.11 Å². The number of amides is 1. The number of carboxylic acids is 1. The Morgan fingerprint density at radius 1 is 1.26 bits per heavy atom. The maximum atomic E-state index is 12.1. The number of hydrogen-bond donors (Lipinski definition) is 3. The van der Waals surface area contributed by atoms with Gasteiger partial charge in [0.25, 0.3) is 5.91 Å². The first-order chi connectivity index (χ1) is 8.99. The third-order valence-electron chi connectivity index (χ3n) is 3.77. The molecule has 1 aromatic heterocycles. The van der Waals surface area contributed by atoms with Crippen LogP contribution in [-0.4, -0.2) is 33.2 Å². The van der Waals surface area contributed by atoms with Crippen LogP contribution < -0.4 is 5.32 Å². The van der Waals surface area contributed by atoms with Crippen LogP contribution in [0.5, 0.6) is 0 Å². The Morgan fingerprint density at radius 2 is 1.89 bits per heavy atom. The van der Waals surface area contributed by atoms with Crippen LogP contribution in [-0.2, 0) is 4.79 Å². The SMILES string of the molecule is Cc1n[nH]c(C)c1C(=O)NC1CCC(C(=O)O)CC1. The molecule has 1 fully saturated rings. The minimum Gasteiger partial charge on any atom is -0.481 e. The summed E-state index contributed by atoms with van der Waals surface area (Å²) < 4.78 is 0. The van der Waals surface area contributed by atoms with Gasteiger partial charge in [0.05, 0.1) is 17.2 Å². The molecule has 19 heavy (non-hydrogen) atoms. The van der Waals surface area contributed by atoms with Gasteiger partial charge in [0.1, 0.15) is 0 Å². The van der Waals surface area contributed by atoms with Crippen LogP contribution in [0.1, 0.15) is 47.4 Å². The molecule has 104 valence electrons. The van der Waals surface area contributed by atoms with Crippen LogP contribution in [0.3, 0.4) is 0 Å². The highest BCUT2D eigenvalue weighted by Crippen LogP contribution is 2.24. The van der Waals surface area contributed by atoms with Crippen molar-refractivity contribution in [2.24, 2.45) is 5.92 Å². The highest BCUT2D eigenvalue weighted by Gasteiger charge is 2.27.